The zero-order valence-corrected chi connectivity index (χ0v) is 13.7. The maximum absolute atomic E-state index is 9.41. The Balaban J connectivity index is 2.22. The summed E-state index contributed by atoms with van der Waals surface area (Å²) in [4.78, 5) is 0. The van der Waals surface area contributed by atoms with Crippen LogP contribution in [0.3, 0.4) is 0 Å². The molecular formula is C15H14Br2O2. The van der Waals surface area contributed by atoms with Gasteiger partial charge in [0.05, 0.1) is 6.61 Å². The number of aryl methyl sites for hydroxylation is 1. The lowest BCUT2D eigenvalue weighted by Crippen LogP contribution is -2.01. The maximum Gasteiger partial charge on any atom is 0.128 e. The van der Waals surface area contributed by atoms with Crippen LogP contribution < -0.4 is 4.74 Å². The molecule has 2 rings (SSSR count). The van der Waals surface area contributed by atoms with E-state index in [2.05, 4.69) is 31.9 Å². The lowest BCUT2D eigenvalue weighted by Gasteiger charge is -2.14. The molecule has 0 bridgehead atoms. The van der Waals surface area contributed by atoms with Crippen LogP contribution >= 0.6 is 31.9 Å². The van der Waals surface area contributed by atoms with Gasteiger partial charge in [0.1, 0.15) is 12.4 Å². The molecule has 2 aromatic carbocycles. The van der Waals surface area contributed by atoms with Crippen molar-refractivity contribution in [3.05, 3.63) is 62.0 Å². The van der Waals surface area contributed by atoms with Gasteiger partial charge in [0.15, 0.2) is 0 Å². The molecule has 0 aliphatic carbocycles. The van der Waals surface area contributed by atoms with Crippen LogP contribution in [0.2, 0.25) is 0 Å². The first-order chi connectivity index (χ1) is 9.11. The Morgan fingerprint density at radius 1 is 1.11 bits per heavy atom. The SMILES string of the molecule is Cc1cc(Br)cc(CO)c1OCc1ccccc1Br. The minimum Gasteiger partial charge on any atom is -0.488 e. The molecule has 19 heavy (non-hydrogen) atoms. The fourth-order valence-corrected chi connectivity index (χ4v) is 2.91. The van der Waals surface area contributed by atoms with E-state index in [1.165, 1.54) is 0 Å². The summed E-state index contributed by atoms with van der Waals surface area (Å²) in [5.41, 5.74) is 2.87. The molecule has 0 saturated carbocycles. The van der Waals surface area contributed by atoms with Crippen LogP contribution in [0.1, 0.15) is 16.7 Å². The van der Waals surface area contributed by atoms with E-state index in [1.54, 1.807) is 0 Å². The van der Waals surface area contributed by atoms with Crippen molar-refractivity contribution >= 4 is 31.9 Å². The van der Waals surface area contributed by atoms with Crippen molar-refractivity contribution in [2.24, 2.45) is 0 Å². The van der Waals surface area contributed by atoms with Gasteiger partial charge in [-0.25, -0.2) is 0 Å². The van der Waals surface area contributed by atoms with Gasteiger partial charge in [-0.2, -0.15) is 0 Å². The van der Waals surface area contributed by atoms with Crippen LogP contribution in [0.4, 0.5) is 0 Å². The molecule has 2 aromatic rings. The summed E-state index contributed by atoms with van der Waals surface area (Å²) in [5.74, 6) is 0.751. The molecule has 0 saturated heterocycles. The van der Waals surface area contributed by atoms with Crippen LogP contribution in [0.5, 0.6) is 5.75 Å². The maximum atomic E-state index is 9.41. The Morgan fingerprint density at radius 3 is 2.53 bits per heavy atom. The van der Waals surface area contributed by atoms with Crippen LogP contribution in [0.25, 0.3) is 0 Å². The van der Waals surface area contributed by atoms with Gasteiger partial charge in [0.2, 0.25) is 0 Å². The summed E-state index contributed by atoms with van der Waals surface area (Å²) in [7, 11) is 0. The van der Waals surface area contributed by atoms with E-state index in [4.69, 9.17) is 4.74 Å². The quantitative estimate of drug-likeness (QED) is 0.833. The van der Waals surface area contributed by atoms with Crippen molar-refractivity contribution in [2.45, 2.75) is 20.1 Å². The van der Waals surface area contributed by atoms with Gasteiger partial charge < -0.3 is 9.84 Å². The van der Waals surface area contributed by atoms with Crippen LogP contribution in [0.15, 0.2) is 45.3 Å². The summed E-state index contributed by atoms with van der Waals surface area (Å²) in [6.07, 6.45) is 0. The average molecular weight is 386 g/mol. The Morgan fingerprint density at radius 2 is 1.84 bits per heavy atom. The highest BCUT2D eigenvalue weighted by Gasteiger charge is 2.09. The molecule has 0 heterocycles. The fourth-order valence-electron chi connectivity index (χ4n) is 1.89. The standard InChI is InChI=1S/C15H14Br2O2/c1-10-6-13(16)7-12(8-18)15(10)19-9-11-4-2-3-5-14(11)17/h2-7,18H,8-9H2,1H3. The molecule has 0 aromatic heterocycles. The Hall–Kier alpha value is -0.840. The molecule has 0 spiro atoms. The normalized spacial score (nSPS) is 10.5. The minimum absolute atomic E-state index is 0.0361. The Bertz CT molecular complexity index is 582. The van der Waals surface area contributed by atoms with E-state index in [0.717, 1.165) is 31.4 Å². The van der Waals surface area contributed by atoms with Crippen LogP contribution in [-0.4, -0.2) is 5.11 Å². The summed E-state index contributed by atoms with van der Waals surface area (Å²) in [5, 5.41) is 9.41. The topological polar surface area (TPSA) is 29.5 Å². The lowest BCUT2D eigenvalue weighted by molar-refractivity contribution is 0.257. The molecule has 1 N–H and O–H groups in total. The molecule has 0 aliphatic rings. The summed E-state index contributed by atoms with van der Waals surface area (Å²) < 4.78 is 7.84. The second-order valence-corrected chi connectivity index (χ2v) is 6.02. The lowest BCUT2D eigenvalue weighted by atomic mass is 10.1. The molecule has 0 radical (unpaired) electrons. The zero-order chi connectivity index (χ0) is 13.8. The van der Waals surface area contributed by atoms with Crippen LogP contribution in [0, 0.1) is 6.92 Å². The molecule has 0 fully saturated rings. The first kappa shape index (κ1) is 14.6. The molecule has 0 unspecified atom stereocenters. The van der Waals surface area contributed by atoms with Crippen molar-refractivity contribution < 1.29 is 9.84 Å². The predicted molar refractivity (Wildman–Crippen MR) is 83.3 cm³/mol. The number of halogens is 2. The average Bonchev–Trinajstić information content (AvgIpc) is 2.38. The number of rotatable bonds is 4. The highest BCUT2D eigenvalue weighted by atomic mass is 79.9. The second kappa shape index (κ2) is 6.55. The number of aliphatic hydroxyl groups excluding tert-OH is 1. The first-order valence-corrected chi connectivity index (χ1v) is 7.46. The molecular weight excluding hydrogens is 372 g/mol. The highest BCUT2D eigenvalue weighted by molar-refractivity contribution is 9.10. The third-order valence-corrected chi connectivity index (χ3v) is 4.05. The molecule has 100 valence electrons. The number of ether oxygens (including phenoxy) is 1. The van der Waals surface area contributed by atoms with E-state index >= 15 is 0 Å². The number of hydrogen-bond acceptors (Lipinski definition) is 2. The molecule has 0 atom stereocenters. The van der Waals surface area contributed by atoms with Gasteiger partial charge in [-0.15, -0.1) is 0 Å². The summed E-state index contributed by atoms with van der Waals surface area (Å²) >= 11 is 6.92. The van der Waals surface area contributed by atoms with Gasteiger partial charge in [0, 0.05) is 20.1 Å². The van der Waals surface area contributed by atoms with Gasteiger partial charge in [-0.3, -0.25) is 0 Å². The largest absolute Gasteiger partial charge is 0.488 e. The Labute approximate surface area is 129 Å². The smallest absolute Gasteiger partial charge is 0.128 e. The van der Waals surface area contributed by atoms with E-state index in [1.807, 2.05) is 43.3 Å². The van der Waals surface area contributed by atoms with Crippen molar-refractivity contribution in [3.8, 4) is 5.75 Å². The van der Waals surface area contributed by atoms with Crippen molar-refractivity contribution in [2.75, 3.05) is 0 Å². The summed E-state index contributed by atoms with van der Waals surface area (Å²) in [6, 6.07) is 11.8. The van der Waals surface area contributed by atoms with Gasteiger partial charge >= 0.3 is 0 Å². The summed E-state index contributed by atoms with van der Waals surface area (Å²) in [6.45, 7) is 2.40. The fraction of sp³-hybridized carbons (Fsp3) is 0.200. The van der Waals surface area contributed by atoms with Gasteiger partial charge in [0.25, 0.3) is 0 Å². The van der Waals surface area contributed by atoms with Crippen molar-refractivity contribution in [3.63, 3.8) is 0 Å². The van der Waals surface area contributed by atoms with Crippen molar-refractivity contribution in [1.82, 2.24) is 0 Å². The number of aliphatic hydroxyl groups is 1. The third kappa shape index (κ3) is 3.59. The number of benzene rings is 2. The molecule has 0 aliphatic heterocycles. The van der Waals surface area contributed by atoms with E-state index in [0.29, 0.717) is 6.61 Å². The molecule has 2 nitrogen and oxygen atoms in total. The number of hydrogen-bond donors (Lipinski definition) is 1. The molecule has 0 amide bonds. The zero-order valence-electron chi connectivity index (χ0n) is 10.5. The van der Waals surface area contributed by atoms with E-state index in [9.17, 15) is 5.11 Å². The van der Waals surface area contributed by atoms with Gasteiger partial charge in [-0.1, -0.05) is 50.1 Å². The first-order valence-electron chi connectivity index (χ1n) is 5.88. The third-order valence-electron chi connectivity index (χ3n) is 2.82. The second-order valence-electron chi connectivity index (χ2n) is 4.25. The van der Waals surface area contributed by atoms with E-state index in [-0.39, 0.29) is 6.61 Å². The minimum atomic E-state index is -0.0361. The molecule has 4 heteroatoms. The predicted octanol–water partition coefficient (Wildman–Crippen LogP) is 4.59. The van der Waals surface area contributed by atoms with Crippen molar-refractivity contribution in [1.29, 1.82) is 0 Å². The van der Waals surface area contributed by atoms with Crippen LogP contribution in [-0.2, 0) is 13.2 Å². The van der Waals surface area contributed by atoms with E-state index < -0.39 is 0 Å². The monoisotopic (exact) mass is 384 g/mol. The van der Waals surface area contributed by atoms with Gasteiger partial charge in [-0.05, 0) is 30.7 Å². The highest BCUT2D eigenvalue weighted by Crippen LogP contribution is 2.29. The Kier molecular flexibility index (Phi) is 5.02.